The van der Waals surface area contributed by atoms with Crippen molar-refractivity contribution in [1.29, 1.82) is 0 Å². The number of piperidine rings is 1. The molecule has 0 aromatic carbocycles. The molecular formula is C15H24ClNO3. The van der Waals surface area contributed by atoms with E-state index in [0.29, 0.717) is 17.9 Å². The van der Waals surface area contributed by atoms with Crippen LogP contribution < -0.4 is 12.4 Å². The zero-order chi connectivity index (χ0) is 14.0. The van der Waals surface area contributed by atoms with Crippen LogP contribution in [0.1, 0.15) is 63.3 Å². The van der Waals surface area contributed by atoms with E-state index in [2.05, 4.69) is 4.90 Å². The summed E-state index contributed by atoms with van der Waals surface area (Å²) in [5.41, 5.74) is 0.153. The van der Waals surface area contributed by atoms with Gasteiger partial charge in [-0.2, -0.15) is 0 Å². The molecular weight excluding hydrogens is 278 g/mol. The maximum Gasteiger partial charge on any atom is 1.00 e. The van der Waals surface area contributed by atoms with Crippen LogP contribution in [-0.2, 0) is 12.0 Å². The number of furan rings is 1. The Morgan fingerprint density at radius 3 is 2.45 bits per heavy atom. The lowest BCUT2D eigenvalue weighted by Crippen LogP contribution is -3.00. The second kappa shape index (κ2) is 6.64. The summed E-state index contributed by atoms with van der Waals surface area (Å²) < 4.78 is 5.82. The lowest BCUT2D eigenvalue weighted by atomic mass is 9.93. The monoisotopic (exact) mass is 301 g/mol. The molecule has 0 bridgehead atoms. The van der Waals surface area contributed by atoms with Gasteiger partial charge in [0.15, 0.2) is 0 Å². The number of likely N-dealkylation sites (tertiary alicyclic amines) is 1. The maximum absolute atomic E-state index is 11.3. The standard InChI is InChI=1S/C15H23NO3.ClH/c1-15(2,3)13-9-11(14(17)18)12(19-13)10-16-7-5-4-6-8-16;/h9H,4-8,10H2,1-3H3,(H,17,18);1H. The number of halogens is 1. The number of nitrogens with zero attached hydrogens (tertiary/aromatic N) is 1. The number of aromatic carboxylic acids is 1. The smallest absolute Gasteiger partial charge is 1.00 e. The van der Waals surface area contributed by atoms with Crippen LogP contribution in [0.2, 0.25) is 0 Å². The van der Waals surface area contributed by atoms with Gasteiger partial charge < -0.3 is 21.9 Å². The Bertz CT molecular complexity index is 462. The van der Waals surface area contributed by atoms with Crippen molar-refractivity contribution in [3.8, 4) is 0 Å². The summed E-state index contributed by atoms with van der Waals surface area (Å²) in [6.45, 7) is 8.76. The van der Waals surface area contributed by atoms with Crippen LogP contribution in [0.15, 0.2) is 10.5 Å². The molecule has 0 radical (unpaired) electrons. The fourth-order valence-corrected chi connectivity index (χ4v) is 2.42. The van der Waals surface area contributed by atoms with Gasteiger partial charge >= 0.3 is 7.40 Å². The van der Waals surface area contributed by atoms with E-state index in [9.17, 15) is 9.90 Å². The Kier molecular flexibility index (Phi) is 5.66. The van der Waals surface area contributed by atoms with E-state index < -0.39 is 5.97 Å². The van der Waals surface area contributed by atoms with E-state index in [-0.39, 0.29) is 19.2 Å². The van der Waals surface area contributed by atoms with Crippen LogP contribution in [0.5, 0.6) is 0 Å². The summed E-state index contributed by atoms with van der Waals surface area (Å²) in [6.07, 6.45) is 3.65. The molecule has 0 saturated carbocycles. The van der Waals surface area contributed by atoms with E-state index in [1.807, 2.05) is 20.8 Å². The molecule has 0 aliphatic carbocycles. The molecule has 1 aromatic heterocycles. The highest BCUT2D eigenvalue weighted by atomic mass is 35.5. The molecule has 0 unspecified atom stereocenters. The van der Waals surface area contributed by atoms with Crippen LogP contribution in [0.3, 0.4) is 0 Å². The minimum Gasteiger partial charge on any atom is -1.00 e. The van der Waals surface area contributed by atoms with Gasteiger partial charge in [-0.25, -0.2) is 4.79 Å². The second-order valence-electron chi connectivity index (χ2n) is 6.34. The minimum atomic E-state index is -0.897. The lowest BCUT2D eigenvalue weighted by molar-refractivity contribution is -0.0000209. The molecule has 1 aliphatic rings. The first kappa shape index (κ1) is 17.1. The van der Waals surface area contributed by atoms with Gasteiger partial charge in [-0.1, -0.05) is 27.2 Å². The number of hydrogen-bond donors (Lipinski definition) is 1. The van der Waals surface area contributed by atoms with Gasteiger partial charge in [0.1, 0.15) is 17.1 Å². The Balaban J connectivity index is 0.00000200. The molecule has 5 heteroatoms. The van der Waals surface area contributed by atoms with Gasteiger partial charge in [-0.3, -0.25) is 4.90 Å². The molecule has 2 heterocycles. The predicted molar refractivity (Wildman–Crippen MR) is 74.6 cm³/mol. The van der Waals surface area contributed by atoms with Gasteiger partial charge in [0.25, 0.3) is 0 Å². The number of carbonyl (C=O) groups is 1. The van der Waals surface area contributed by atoms with Gasteiger partial charge in [0.2, 0.25) is 0 Å². The largest absolute Gasteiger partial charge is 1.00 e. The lowest BCUT2D eigenvalue weighted by Gasteiger charge is -2.25. The summed E-state index contributed by atoms with van der Waals surface area (Å²) in [7, 11) is 0. The molecule has 2 rings (SSSR count). The Morgan fingerprint density at radius 2 is 1.95 bits per heavy atom. The summed E-state index contributed by atoms with van der Waals surface area (Å²) in [4.78, 5) is 13.6. The molecule has 1 saturated heterocycles. The van der Waals surface area contributed by atoms with Crippen molar-refractivity contribution in [1.82, 2.24) is 4.90 Å². The molecule has 1 fully saturated rings. The quantitative estimate of drug-likeness (QED) is 0.877. The van der Waals surface area contributed by atoms with Crippen LogP contribution in [0.4, 0.5) is 0 Å². The van der Waals surface area contributed by atoms with E-state index in [1.54, 1.807) is 6.07 Å². The van der Waals surface area contributed by atoms with Crippen molar-refractivity contribution >= 4 is 5.97 Å². The maximum atomic E-state index is 11.3. The summed E-state index contributed by atoms with van der Waals surface area (Å²) in [5, 5.41) is 9.30. The van der Waals surface area contributed by atoms with Crippen molar-refractivity contribution in [2.45, 2.75) is 52.0 Å². The van der Waals surface area contributed by atoms with Crippen molar-refractivity contribution in [2.75, 3.05) is 13.1 Å². The zero-order valence-corrected chi connectivity index (χ0v) is 13.2. The number of carboxylic acid groups (broad SMARTS) is 1. The normalized spacial score (nSPS) is 16.8. The highest BCUT2D eigenvalue weighted by Crippen LogP contribution is 2.28. The summed E-state index contributed by atoms with van der Waals surface area (Å²) >= 11 is 0. The van der Waals surface area contributed by atoms with Crippen LogP contribution >= 0.6 is 0 Å². The average molecular weight is 302 g/mol. The van der Waals surface area contributed by atoms with Crippen molar-refractivity contribution in [3.05, 3.63) is 23.2 Å². The predicted octanol–water partition coefficient (Wildman–Crippen LogP) is 0.378. The third-order valence-corrected chi connectivity index (χ3v) is 3.59. The molecule has 4 nitrogen and oxygen atoms in total. The number of rotatable bonds is 3. The fourth-order valence-electron chi connectivity index (χ4n) is 2.42. The fraction of sp³-hybridized carbons (Fsp3) is 0.667. The average Bonchev–Trinajstić information content (AvgIpc) is 2.74. The van der Waals surface area contributed by atoms with Crippen molar-refractivity contribution in [2.24, 2.45) is 0 Å². The van der Waals surface area contributed by atoms with Gasteiger partial charge in [-0.05, 0) is 32.0 Å². The van der Waals surface area contributed by atoms with E-state index in [4.69, 9.17) is 4.42 Å². The molecule has 0 spiro atoms. The Hall–Kier alpha value is -1.000. The highest BCUT2D eigenvalue weighted by Gasteiger charge is 2.25. The molecule has 114 valence electrons. The molecule has 0 atom stereocenters. The molecule has 1 N–H and O–H groups in total. The summed E-state index contributed by atoms with van der Waals surface area (Å²) in [6, 6.07) is 1.68. The number of carboxylic acids is 1. The first-order chi connectivity index (χ1) is 8.88. The summed E-state index contributed by atoms with van der Waals surface area (Å²) in [5.74, 6) is 0.447. The third kappa shape index (κ3) is 4.00. The van der Waals surface area contributed by atoms with Gasteiger partial charge in [0, 0.05) is 5.41 Å². The van der Waals surface area contributed by atoms with E-state index in [0.717, 1.165) is 18.8 Å². The van der Waals surface area contributed by atoms with Gasteiger partial charge in [0.05, 0.1) is 6.54 Å². The first-order valence-corrected chi connectivity index (χ1v) is 6.97. The van der Waals surface area contributed by atoms with E-state index >= 15 is 0 Å². The molecule has 1 aliphatic heterocycles. The number of hydrogen-bond acceptors (Lipinski definition) is 3. The molecule has 1 aromatic rings. The molecule has 0 amide bonds. The van der Waals surface area contributed by atoms with E-state index in [1.165, 1.54) is 19.3 Å². The highest BCUT2D eigenvalue weighted by molar-refractivity contribution is 5.89. The SMILES string of the molecule is CC(C)(C)c1cc(C(=O)O)c(CN2CCCCC2)o1.[Cl-].[H+]. The zero-order valence-electron chi connectivity index (χ0n) is 13.4. The third-order valence-electron chi connectivity index (χ3n) is 3.59. The second-order valence-corrected chi connectivity index (χ2v) is 6.34. The topological polar surface area (TPSA) is 53.7 Å². The van der Waals surface area contributed by atoms with Crippen LogP contribution in [0, 0.1) is 0 Å². The minimum absolute atomic E-state index is 0. The molecule has 20 heavy (non-hydrogen) atoms. The van der Waals surface area contributed by atoms with Crippen LogP contribution in [0.25, 0.3) is 0 Å². The Labute approximate surface area is 128 Å². The van der Waals surface area contributed by atoms with Crippen LogP contribution in [-0.4, -0.2) is 29.1 Å². The Morgan fingerprint density at radius 1 is 1.35 bits per heavy atom. The van der Waals surface area contributed by atoms with Crippen molar-refractivity contribution in [3.63, 3.8) is 0 Å². The van der Waals surface area contributed by atoms with Gasteiger partial charge in [-0.15, -0.1) is 0 Å². The first-order valence-electron chi connectivity index (χ1n) is 6.97. The van der Waals surface area contributed by atoms with Crippen molar-refractivity contribution < 1.29 is 28.2 Å².